The lowest BCUT2D eigenvalue weighted by atomic mass is 9.73. The Morgan fingerprint density at radius 2 is 1.83 bits per heavy atom. The van der Waals surface area contributed by atoms with Crippen LogP contribution in [0.4, 0.5) is 13.2 Å². The lowest BCUT2D eigenvalue weighted by Crippen LogP contribution is -2.44. The number of carbonyl (C=O) groups excluding carboxylic acids is 1. The van der Waals surface area contributed by atoms with E-state index < -0.39 is 11.7 Å². The van der Waals surface area contributed by atoms with Gasteiger partial charge in [-0.15, -0.1) is 0 Å². The molecule has 3 nitrogen and oxygen atoms in total. The van der Waals surface area contributed by atoms with Crippen LogP contribution in [0, 0.1) is 11.8 Å². The van der Waals surface area contributed by atoms with Crippen LogP contribution < -0.4 is 0 Å². The smallest absolute Gasteiger partial charge is 0.416 e. The zero-order valence-electron chi connectivity index (χ0n) is 18.7. The first kappa shape index (κ1) is 24.7. The molecule has 1 saturated carbocycles. The summed E-state index contributed by atoms with van der Waals surface area (Å²) in [5.41, 5.74) is 0.322. The number of ether oxygens (including phenoxy) is 1. The summed E-state index contributed by atoms with van der Waals surface area (Å²) in [5.74, 6) is 0.711. The third kappa shape index (κ3) is 7.00. The van der Waals surface area contributed by atoms with E-state index in [2.05, 4.69) is 25.7 Å². The number of carbonyl (C=O) groups is 1. The van der Waals surface area contributed by atoms with Crippen molar-refractivity contribution in [3.63, 3.8) is 0 Å². The molecule has 1 fully saturated rings. The summed E-state index contributed by atoms with van der Waals surface area (Å²) in [6, 6.07) is 5.93. The molecule has 3 atom stereocenters. The average Bonchev–Trinajstić information content (AvgIpc) is 2.70. The van der Waals surface area contributed by atoms with Crippen molar-refractivity contribution in [3.8, 4) is 0 Å². The summed E-state index contributed by atoms with van der Waals surface area (Å²) in [7, 11) is 1.40. The number of halogens is 3. The highest BCUT2D eigenvalue weighted by atomic mass is 19.4. The molecule has 1 aliphatic carbocycles. The summed E-state index contributed by atoms with van der Waals surface area (Å²) < 4.78 is 43.9. The van der Waals surface area contributed by atoms with Crippen molar-refractivity contribution in [2.75, 3.05) is 20.2 Å². The Balaban J connectivity index is 2.28. The van der Waals surface area contributed by atoms with Crippen molar-refractivity contribution in [3.05, 3.63) is 35.4 Å². The van der Waals surface area contributed by atoms with Crippen LogP contribution >= 0.6 is 0 Å². The summed E-state index contributed by atoms with van der Waals surface area (Å²) in [6.45, 7) is 8.57. The average molecular weight is 428 g/mol. The number of benzene rings is 1. The van der Waals surface area contributed by atoms with Gasteiger partial charge in [0.05, 0.1) is 12.7 Å². The van der Waals surface area contributed by atoms with Crippen LogP contribution in [0.3, 0.4) is 0 Å². The molecule has 0 heterocycles. The zero-order valence-corrected chi connectivity index (χ0v) is 18.7. The maximum Gasteiger partial charge on any atom is 0.416 e. The van der Waals surface area contributed by atoms with E-state index in [-0.39, 0.29) is 23.8 Å². The number of hydrogen-bond acceptors (Lipinski definition) is 3. The molecule has 6 heteroatoms. The van der Waals surface area contributed by atoms with E-state index in [0.29, 0.717) is 12.3 Å². The molecule has 0 aromatic heterocycles. The van der Waals surface area contributed by atoms with Gasteiger partial charge in [-0.05, 0) is 80.6 Å². The largest absolute Gasteiger partial charge is 0.469 e. The van der Waals surface area contributed by atoms with Gasteiger partial charge in [0.1, 0.15) is 0 Å². The third-order valence-electron chi connectivity index (χ3n) is 6.25. The Labute approximate surface area is 179 Å². The molecule has 0 bridgehead atoms. The fraction of sp³-hybridized carbons (Fsp3) is 0.708. The molecule has 0 N–H and O–H groups in total. The standard InChI is InChI=1S/C24H36F3NO2/c1-5-13-28(14-12-17(2)3)22-11-6-18(16-23(29)30-4)15-21(22)19-7-9-20(10-8-19)24(25,26)27/h7-10,17-18,21-22H,5-6,11-16H2,1-4H3/t18?,21-,22+/m0/s1. The second-order valence-electron chi connectivity index (χ2n) is 8.97. The van der Waals surface area contributed by atoms with Crippen LogP contribution in [-0.4, -0.2) is 37.1 Å². The lowest BCUT2D eigenvalue weighted by Gasteiger charge is -2.43. The number of esters is 1. The van der Waals surface area contributed by atoms with Crippen molar-refractivity contribution in [1.82, 2.24) is 4.90 Å². The Kier molecular flexibility index (Phi) is 9.20. The molecular weight excluding hydrogens is 391 g/mol. The Morgan fingerprint density at radius 1 is 1.17 bits per heavy atom. The Bertz CT molecular complexity index is 657. The van der Waals surface area contributed by atoms with Crippen molar-refractivity contribution >= 4 is 5.97 Å². The molecule has 2 rings (SSSR count). The Morgan fingerprint density at radius 3 is 2.37 bits per heavy atom. The van der Waals surface area contributed by atoms with Crippen LogP contribution in [0.25, 0.3) is 0 Å². The van der Waals surface area contributed by atoms with E-state index in [9.17, 15) is 18.0 Å². The molecule has 1 aliphatic rings. The number of hydrogen-bond donors (Lipinski definition) is 0. The molecule has 0 saturated heterocycles. The van der Waals surface area contributed by atoms with Crippen molar-refractivity contribution in [2.24, 2.45) is 11.8 Å². The second kappa shape index (κ2) is 11.2. The van der Waals surface area contributed by atoms with Gasteiger partial charge in [-0.25, -0.2) is 0 Å². The van der Waals surface area contributed by atoms with E-state index in [1.807, 2.05) is 0 Å². The molecular formula is C24H36F3NO2. The summed E-state index contributed by atoms with van der Waals surface area (Å²) in [6.07, 6.45) is 0.878. The monoisotopic (exact) mass is 427 g/mol. The molecule has 0 amide bonds. The number of rotatable bonds is 9. The van der Waals surface area contributed by atoms with Crippen molar-refractivity contribution in [2.45, 2.75) is 77.4 Å². The predicted molar refractivity (Wildman–Crippen MR) is 113 cm³/mol. The topological polar surface area (TPSA) is 29.5 Å². The maximum absolute atomic E-state index is 13.0. The SMILES string of the molecule is CCCN(CCC(C)C)[C@@H]1CCC(CC(=O)OC)C[C@H]1c1ccc(C(F)(F)F)cc1. The highest BCUT2D eigenvalue weighted by molar-refractivity contribution is 5.69. The van der Waals surface area contributed by atoms with Crippen molar-refractivity contribution < 1.29 is 22.7 Å². The molecule has 0 spiro atoms. The van der Waals surface area contributed by atoms with Crippen molar-refractivity contribution in [1.29, 1.82) is 0 Å². The van der Waals surface area contributed by atoms with Crippen LogP contribution in [0.5, 0.6) is 0 Å². The second-order valence-corrected chi connectivity index (χ2v) is 8.97. The van der Waals surface area contributed by atoms with E-state index in [1.165, 1.54) is 19.2 Å². The zero-order chi connectivity index (χ0) is 22.3. The highest BCUT2D eigenvalue weighted by Crippen LogP contribution is 2.41. The normalized spacial score (nSPS) is 22.5. The van der Waals surface area contributed by atoms with Crippen LogP contribution in [0.2, 0.25) is 0 Å². The van der Waals surface area contributed by atoms with Gasteiger partial charge in [-0.2, -0.15) is 13.2 Å². The minimum absolute atomic E-state index is 0.120. The van der Waals surface area contributed by atoms with Gasteiger partial charge in [0.2, 0.25) is 0 Å². The lowest BCUT2D eigenvalue weighted by molar-refractivity contribution is -0.142. The van der Waals surface area contributed by atoms with Gasteiger partial charge in [-0.3, -0.25) is 9.69 Å². The molecule has 170 valence electrons. The van der Waals surface area contributed by atoms with Gasteiger partial charge < -0.3 is 4.74 Å². The minimum atomic E-state index is -4.33. The Hall–Kier alpha value is -1.56. The highest BCUT2D eigenvalue weighted by Gasteiger charge is 2.36. The van der Waals surface area contributed by atoms with Gasteiger partial charge in [0, 0.05) is 12.5 Å². The minimum Gasteiger partial charge on any atom is -0.469 e. The van der Waals surface area contributed by atoms with Gasteiger partial charge in [0.25, 0.3) is 0 Å². The molecule has 0 aliphatic heterocycles. The third-order valence-corrected chi connectivity index (χ3v) is 6.25. The fourth-order valence-electron chi connectivity index (χ4n) is 4.62. The number of methoxy groups -OCH3 is 1. The summed E-state index contributed by atoms with van der Waals surface area (Å²) in [5, 5.41) is 0. The first-order valence-electron chi connectivity index (χ1n) is 11.1. The molecule has 1 unspecified atom stereocenters. The van der Waals surface area contributed by atoms with Crippen LogP contribution in [-0.2, 0) is 15.7 Å². The molecule has 0 radical (unpaired) electrons. The van der Waals surface area contributed by atoms with Crippen LogP contribution in [0.1, 0.15) is 76.3 Å². The van der Waals surface area contributed by atoms with E-state index >= 15 is 0 Å². The predicted octanol–water partition coefficient (Wildman–Crippen LogP) is 6.28. The maximum atomic E-state index is 13.0. The molecule has 1 aromatic rings. The molecule has 30 heavy (non-hydrogen) atoms. The van der Waals surface area contributed by atoms with Crippen LogP contribution in [0.15, 0.2) is 24.3 Å². The molecule has 1 aromatic carbocycles. The van der Waals surface area contributed by atoms with E-state index in [1.54, 1.807) is 12.1 Å². The fourth-order valence-corrected chi connectivity index (χ4v) is 4.62. The van der Waals surface area contributed by atoms with Gasteiger partial charge >= 0.3 is 12.1 Å². The quantitative estimate of drug-likeness (QED) is 0.435. The summed E-state index contributed by atoms with van der Waals surface area (Å²) >= 11 is 0. The van der Waals surface area contributed by atoms with E-state index in [0.717, 1.165) is 50.8 Å². The first-order valence-corrected chi connectivity index (χ1v) is 11.1. The van der Waals surface area contributed by atoms with Gasteiger partial charge in [0.15, 0.2) is 0 Å². The van der Waals surface area contributed by atoms with E-state index in [4.69, 9.17) is 4.74 Å². The first-order chi connectivity index (χ1) is 14.2. The summed E-state index contributed by atoms with van der Waals surface area (Å²) in [4.78, 5) is 14.3. The number of nitrogens with zero attached hydrogens (tertiary/aromatic N) is 1. The van der Waals surface area contributed by atoms with Gasteiger partial charge in [-0.1, -0.05) is 32.9 Å². The number of alkyl halides is 3.